The maximum absolute atomic E-state index is 9.64. The molecule has 1 unspecified atom stereocenters. The second kappa shape index (κ2) is 7.51. The Morgan fingerprint density at radius 3 is 2.50 bits per heavy atom. The molecule has 0 saturated carbocycles. The van der Waals surface area contributed by atoms with Crippen molar-refractivity contribution in [3.63, 3.8) is 0 Å². The highest BCUT2D eigenvalue weighted by molar-refractivity contribution is 7.00. The standard InChI is InChI=1S/C20H26O3Si/c1-24(2,19-8-4-3-7-16(19)15-21)18-12-10-17(11-13-18)23-20-9-5-6-14-22-20/h3-4,7-8,10-13,20-21H,5-6,9,14-15H2,1-2H3. The van der Waals surface area contributed by atoms with Gasteiger partial charge in [0.25, 0.3) is 0 Å². The first-order chi connectivity index (χ1) is 11.6. The van der Waals surface area contributed by atoms with Crippen LogP contribution >= 0.6 is 0 Å². The minimum atomic E-state index is -1.84. The summed E-state index contributed by atoms with van der Waals surface area (Å²) in [5.41, 5.74) is 1.03. The minimum Gasteiger partial charge on any atom is -0.465 e. The zero-order chi connectivity index (χ0) is 17.0. The van der Waals surface area contributed by atoms with Crippen LogP contribution in [0.1, 0.15) is 24.8 Å². The molecule has 1 fully saturated rings. The Hall–Kier alpha value is -1.62. The van der Waals surface area contributed by atoms with E-state index < -0.39 is 8.07 Å². The first-order valence-electron chi connectivity index (χ1n) is 8.69. The highest BCUT2D eigenvalue weighted by Crippen LogP contribution is 2.19. The van der Waals surface area contributed by atoms with Crippen LogP contribution in [0.5, 0.6) is 5.75 Å². The Kier molecular flexibility index (Phi) is 5.39. The third-order valence-electron chi connectivity index (χ3n) is 4.84. The number of ether oxygens (including phenoxy) is 2. The highest BCUT2D eigenvalue weighted by atomic mass is 28.3. The van der Waals surface area contributed by atoms with Gasteiger partial charge in [0.15, 0.2) is 6.29 Å². The van der Waals surface area contributed by atoms with E-state index >= 15 is 0 Å². The minimum absolute atomic E-state index is 0.0901. The summed E-state index contributed by atoms with van der Waals surface area (Å²) in [7, 11) is -1.84. The number of hydrogen-bond acceptors (Lipinski definition) is 3. The number of rotatable bonds is 5. The maximum Gasteiger partial charge on any atom is 0.199 e. The van der Waals surface area contributed by atoms with E-state index in [0.717, 1.165) is 30.8 Å². The molecule has 0 aliphatic carbocycles. The first kappa shape index (κ1) is 17.2. The molecule has 0 bridgehead atoms. The molecule has 3 nitrogen and oxygen atoms in total. The van der Waals surface area contributed by atoms with Crippen molar-refractivity contribution >= 4 is 18.4 Å². The largest absolute Gasteiger partial charge is 0.465 e. The monoisotopic (exact) mass is 342 g/mol. The summed E-state index contributed by atoms with van der Waals surface area (Å²) in [5.74, 6) is 0.867. The molecule has 2 aromatic carbocycles. The molecule has 1 aliphatic rings. The van der Waals surface area contributed by atoms with Crippen molar-refractivity contribution in [1.29, 1.82) is 0 Å². The average Bonchev–Trinajstić information content (AvgIpc) is 2.63. The molecule has 0 radical (unpaired) electrons. The summed E-state index contributed by atoms with van der Waals surface area (Å²) >= 11 is 0. The van der Waals surface area contributed by atoms with Crippen LogP contribution in [0.15, 0.2) is 48.5 Å². The number of aliphatic hydroxyl groups excluding tert-OH is 1. The second-order valence-electron chi connectivity index (χ2n) is 6.88. The van der Waals surface area contributed by atoms with Gasteiger partial charge in [-0.1, -0.05) is 54.7 Å². The maximum atomic E-state index is 9.64. The first-order valence-corrected chi connectivity index (χ1v) is 11.7. The molecule has 1 heterocycles. The van der Waals surface area contributed by atoms with Crippen LogP contribution in [0.3, 0.4) is 0 Å². The topological polar surface area (TPSA) is 38.7 Å². The smallest absolute Gasteiger partial charge is 0.199 e. The molecule has 0 amide bonds. The van der Waals surface area contributed by atoms with Gasteiger partial charge in [-0.05, 0) is 35.7 Å². The van der Waals surface area contributed by atoms with E-state index in [4.69, 9.17) is 9.47 Å². The molecule has 24 heavy (non-hydrogen) atoms. The highest BCUT2D eigenvalue weighted by Gasteiger charge is 2.28. The van der Waals surface area contributed by atoms with Gasteiger partial charge in [-0.15, -0.1) is 0 Å². The molecule has 1 atom stereocenters. The zero-order valence-electron chi connectivity index (χ0n) is 14.5. The molecular weight excluding hydrogens is 316 g/mol. The normalized spacial score (nSPS) is 18.4. The predicted molar refractivity (Wildman–Crippen MR) is 99.8 cm³/mol. The summed E-state index contributed by atoms with van der Waals surface area (Å²) in [6, 6.07) is 16.6. The van der Waals surface area contributed by atoms with Crippen molar-refractivity contribution < 1.29 is 14.6 Å². The van der Waals surface area contributed by atoms with Crippen molar-refractivity contribution in [3.05, 3.63) is 54.1 Å². The fourth-order valence-corrected chi connectivity index (χ4v) is 6.12. The van der Waals surface area contributed by atoms with Gasteiger partial charge in [0.05, 0.1) is 13.2 Å². The third-order valence-corrected chi connectivity index (χ3v) is 8.45. The molecular formula is C20H26O3Si. The van der Waals surface area contributed by atoms with Gasteiger partial charge in [-0.3, -0.25) is 0 Å². The number of hydrogen-bond donors (Lipinski definition) is 1. The van der Waals surface area contributed by atoms with Crippen LogP contribution < -0.4 is 15.1 Å². The molecule has 1 saturated heterocycles. The summed E-state index contributed by atoms with van der Waals surface area (Å²) in [5, 5.41) is 12.3. The third kappa shape index (κ3) is 3.72. The zero-order valence-corrected chi connectivity index (χ0v) is 15.5. The lowest BCUT2D eigenvalue weighted by Gasteiger charge is -2.27. The van der Waals surface area contributed by atoms with E-state index in [-0.39, 0.29) is 12.9 Å². The van der Waals surface area contributed by atoms with Crippen LogP contribution in [0, 0.1) is 0 Å². The van der Waals surface area contributed by atoms with Gasteiger partial charge in [0.1, 0.15) is 13.8 Å². The average molecular weight is 343 g/mol. The van der Waals surface area contributed by atoms with Crippen molar-refractivity contribution in [2.75, 3.05) is 6.61 Å². The summed E-state index contributed by atoms with van der Waals surface area (Å²) in [6.07, 6.45) is 3.15. The van der Waals surface area contributed by atoms with Crippen molar-refractivity contribution in [1.82, 2.24) is 0 Å². The number of aliphatic hydroxyl groups is 1. The van der Waals surface area contributed by atoms with Crippen molar-refractivity contribution in [3.8, 4) is 5.75 Å². The Morgan fingerprint density at radius 2 is 1.83 bits per heavy atom. The van der Waals surface area contributed by atoms with Crippen LogP contribution in [0.25, 0.3) is 0 Å². The van der Waals surface area contributed by atoms with Gasteiger partial charge in [-0.25, -0.2) is 0 Å². The molecule has 128 valence electrons. The van der Waals surface area contributed by atoms with E-state index in [9.17, 15) is 5.11 Å². The fourth-order valence-electron chi connectivity index (χ4n) is 3.33. The van der Waals surface area contributed by atoms with Crippen molar-refractivity contribution in [2.45, 2.75) is 45.3 Å². The van der Waals surface area contributed by atoms with Gasteiger partial charge in [0.2, 0.25) is 0 Å². The fraction of sp³-hybridized carbons (Fsp3) is 0.400. The van der Waals surface area contributed by atoms with E-state index in [2.05, 4.69) is 37.4 Å². The van der Waals surface area contributed by atoms with E-state index in [1.807, 2.05) is 24.3 Å². The van der Waals surface area contributed by atoms with E-state index in [1.54, 1.807) is 0 Å². The SMILES string of the molecule is C[Si](C)(c1ccc(OC2CCCCO2)cc1)c1ccccc1CO. The van der Waals surface area contributed by atoms with Crippen molar-refractivity contribution in [2.24, 2.45) is 0 Å². The molecule has 4 heteroatoms. The van der Waals surface area contributed by atoms with E-state index in [0.29, 0.717) is 0 Å². The summed E-state index contributed by atoms with van der Waals surface area (Å²) in [4.78, 5) is 0. The van der Waals surface area contributed by atoms with E-state index in [1.165, 1.54) is 16.8 Å². The Balaban J connectivity index is 1.78. The molecule has 1 aliphatic heterocycles. The second-order valence-corrected chi connectivity index (χ2v) is 11.2. The lowest BCUT2D eigenvalue weighted by atomic mass is 10.2. The lowest BCUT2D eigenvalue weighted by molar-refractivity contribution is -0.105. The van der Waals surface area contributed by atoms with Gasteiger partial charge in [-0.2, -0.15) is 0 Å². The summed E-state index contributed by atoms with van der Waals surface area (Å²) < 4.78 is 11.6. The predicted octanol–water partition coefficient (Wildman–Crippen LogP) is 2.91. The molecule has 0 aromatic heterocycles. The Labute approximate surface area is 145 Å². The quantitative estimate of drug-likeness (QED) is 0.849. The number of benzene rings is 2. The Morgan fingerprint density at radius 1 is 1.08 bits per heavy atom. The van der Waals surface area contributed by atoms with Crippen LogP contribution in [-0.4, -0.2) is 26.1 Å². The van der Waals surface area contributed by atoms with Gasteiger partial charge in [0, 0.05) is 6.42 Å². The molecule has 3 rings (SSSR count). The lowest BCUT2D eigenvalue weighted by Crippen LogP contribution is -2.54. The van der Waals surface area contributed by atoms with Crippen LogP contribution in [-0.2, 0) is 11.3 Å². The molecule has 0 spiro atoms. The molecule has 1 N–H and O–H groups in total. The van der Waals surface area contributed by atoms with Crippen LogP contribution in [0.4, 0.5) is 0 Å². The Bertz CT molecular complexity index is 661. The molecule has 2 aromatic rings. The van der Waals surface area contributed by atoms with Gasteiger partial charge >= 0.3 is 0 Å². The van der Waals surface area contributed by atoms with Crippen LogP contribution in [0.2, 0.25) is 13.1 Å². The summed E-state index contributed by atoms with van der Waals surface area (Å²) in [6.45, 7) is 5.52. The van der Waals surface area contributed by atoms with Gasteiger partial charge < -0.3 is 14.6 Å².